The molecule has 10 rings (SSSR count). The maximum absolute atomic E-state index is 9.69. The third-order valence-corrected chi connectivity index (χ3v) is 10.6. The van der Waals surface area contributed by atoms with Crippen molar-refractivity contribution in [2.45, 2.75) is 0 Å². The van der Waals surface area contributed by atoms with Crippen LogP contribution >= 0.6 is 11.3 Å². The summed E-state index contributed by atoms with van der Waals surface area (Å²) in [6.07, 6.45) is 1.88. The van der Waals surface area contributed by atoms with E-state index in [0.717, 1.165) is 49.8 Å². The quantitative estimate of drug-likeness (QED) is 0.198. The Morgan fingerprint density at radius 3 is 1.91 bits per heavy atom. The summed E-state index contributed by atoms with van der Waals surface area (Å²) in [6, 6.07) is 51.6. The molecule has 0 aliphatic rings. The lowest BCUT2D eigenvalue weighted by Gasteiger charge is -2.18. The molecule has 6 aromatic carbocycles. The van der Waals surface area contributed by atoms with E-state index in [9.17, 15) is 5.26 Å². The number of fused-ring (bicyclic) bond motifs is 10. The summed E-state index contributed by atoms with van der Waals surface area (Å²) < 4.78 is 7.25. The SMILES string of the molecule is N#Cc1ccc2c(c1)c1ccccc1n2-c1ccccc1-c1ccccc1-n1c2ccccc2c2c3sc4cccnc4c3ccc21. The Morgan fingerprint density at radius 2 is 1.15 bits per heavy atom. The van der Waals surface area contributed by atoms with Crippen LogP contribution in [0.4, 0.5) is 0 Å². The van der Waals surface area contributed by atoms with Crippen LogP contribution in [-0.4, -0.2) is 14.1 Å². The van der Waals surface area contributed by atoms with Crippen molar-refractivity contribution in [1.29, 1.82) is 5.26 Å². The molecule has 47 heavy (non-hydrogen) atoms. The average molecular weight is 617 g/mol. The van der Waals surface area contributed by atoms with E-state index in [2.05, 4.69) is 137 Å². The summed E-state index contributed by atoms with van der Waals surface area (Å²) in [4.78, 5) is 4.75. The standard InChI is InChI=1S/C42H24N4S/c43-25-26-19-21-37-32(24-26)29-12-3-7-16-35(29)45(37)33-14-5-1-10-27(33)28-11-2-6-15-34(28)46-36-17-8-4-13-30(36)40-38(46)22-20-31-41-39(47-42(31)40)18-9-23-44-41/h1-24H. The average Bonchev–Trinajstić information content (AvgIpc) is 3.79. The number of benzene rings is 6. The van der Waals surface area contributed by atoms with Gasteiger partial charge in [-0.05, 0) is 66.7 Å². The molecule has 4 aromatic heterocycles. The Bertz CT molecular complexity index is 2930. The lowest BCUT2D eigenvalue weighted by atomic mass is 10.0. The van der Waals surface area contributed by atoms with Crippen LogP contribution in [0.15, 0.2) is 146 Å². The van der Waals surface area contributed by atoms with E-state index < -0.39 is 0 Å². The fraction of sp³-hybridized carbons (Fsp3) is 0. The Hall–Kier alpha value is -6.22. The summed E-state index contributed by atoms with van der Waals surface area (Å²) in [5, 5.41) is 15.6. The second-order valence-electron chi connectivity index (χ2n) is 11.9. The van der Waals surface area contributed by atoms with Gasteiger partial charge in [-0.25, -0.2) is 0 Å². The first-order chi connectivity index (χ1) is 23.3. The molecule has 0 amide bonds. The van der Waals surface area contributed by atoms with Crippen LogP contribution in [-0.2, 0) is 0 Å². The smallest absolute Gasteiger partial charge is 0.0991 e. The molecule has 4 nitrogen and oxygen atoms in total. The first kappa shape index (κ1) is 26.0. The van der Waals surface area contributed by atoms with Crippen LogP contribution < -0.4 is 0 Å². The Morgan fingerprint density at radius 1 is 0.532 bits per heavy atom. The maximum Gasteiger partial charge on any atom is 0.0991 e. The van der Waals surface area contributed by atoms with Crippen LogP contribution in [0.3, 0.4) is 0 Å². The predicted octanol–water partition coefficient (Wildman–Crippen LogP) is 11.2. The fourth-order valence-corrected chi connectivity index (χ4v) is 8.68. The molecule has 0 spiro atoms. The summed E-state index contributed by atoms with van der Waals surface area (Å²) >= 11 is 1.82. The largest absolute Gasteiger partial charge is 0.309 e. The number of hydrogen-bond acceptors (Lipinski definition) is 3. The summed E-state index contributed by atoms with van der Waals surface area (Å²) in [6.45, 7) is 0. The zero-order chi connectivity index (χ0) is 31.1. The predicted molar refractivity (Wildman–Crippen MR) is 196 cm³/mol. The van der Waals surface area contributed by atoms with Gasteiger partial charge in [-0.15, -0.1) is 11.3 Å². The molecule has 0 N–H and O–H groups in total. The highest BCUT2D eigenvalue weighted by Crippen LogP contribution is 2.45. The maximum atomic E-state index is 9.69. The highest BCUT2D eigenvalue weighted by atomic mass is 32.1. The minimum Gasteiger partial charge on any atom is -0.309 e. The van der Waals surface area contributed by atoms with E-state index in [4.69, 9.17) is 4.98 Å². The van der Waals surface area contributed by atoms with Crippen molar-refractivity contribution in [2.75, 3.05) is 0 Å². The van der Waals surface area contributed by atoms with Gasteiger partial charge < -0.3 is 9.13 Å². The number of para-hydroxylation sites is 4. The van der Waals surface area contributed by atoms with Crippen LogP contribution in [0.5, 0.6) is 0 Å². The van der Waals surface area contributed by atoms with E-state index in [1.807, 2.05) is 35.7 Å². The molecule has 0 fully saturated rings. The zero-order valence-electron chi connectivity index (χ0n) is 25.1. The van der Waals surface area contributed by atoms with Crippen LogP contribution in [0, 0.1) is 11.3 Å². The van der Waals surface area contributed by atoms with Crippen LogP contribution in [0.1, 0.15) is 5.56 Å². The minimum absolute atomic E-state index is 0.661. The van der Waals surface area contributed by atoms with Crippen molar-refractivity contribution in [2.24, 2.45) is 0 Å². The van der Waals surface area contributed by atoms with Crippen molar-refractivity contribution in [3.05, 3.63) is 151 Å². The molecule has 5 heteroatoms. The van der Waals surface area contributed by atoms with E-state index in [1.165, 1.54) is 36.6 Å². The van der Waals surface area contributed by atoms with Crippen molar-refractivity contribution in [3.63, 3.8) is 0 Å². The molecule has 0 unspecified atom stereocenters. The molecule has 4 heterocycles. The summed E-state index contributed by atoms with van der Waals surface area (Å²) in [7, 11) is 0. The Kier molecular flexibility index (Phi) is 5.48. The highest BCUT2D eigenvalue weighted by Gasteiger charge is 2.21. The Balaban J connectivity index is 1.29. The number of aromatic nitrogens is 3. The number of thiophene rings is 1. The number of rotatable bonds is 3. The monoisotopic (exact) mass is 616 g/mol. The van der Waals surface area contributed by atoms with Crippen molar-refractivity contribution in [3.8, 4) is 28.6 Å². The molecule has 0 saturated heterocycles. The van der Waals surface area contributed by atoms with E-state index in [0.29, 0.717) is 5.56 Å². The van der Waals surface area contributed by atoms with E-state index in [1.54, 1.807) is 0 Å². The Labute approximate surface area is 273 Å². The lowest BCUT2D eigenvalue weighted by Crippen LogP contribution is -2.01. The molecule has 0 saturated carbocycles. The van der Waals surface area contributed by atoms with Gasteiger partial charge in [0.25, 0.3) is 0 Å². The molecule has 0 radical (unpaired) electrons. The zero-order valence-corrected chi connectivity index (χ0v) is 25.9. The first-order valence-electron chi connectivity index (χ1n) is 15.6. The van der Waals surface area contributed by atoms with Gasteiger partial charge in [0.15, 0.2) is 0 Å². The van der Waals surface area contributed by atoms with Crippen LogP contribution in [0.2, 0.25) is 0 Å². The van der Waals surface area contributed by atoms with Gasteiger partial charge in [0.2, 0.25) is 0 Å². The number of pyridine rings is 1. The molecule has 10 aromatic rings. The van der Waals surface area contributed by atoms with E-state index in [-0.39, 0.29) is 0 Å². The topological polar surface area (TPSA) is 46.5 Å². The third kappa shape index (κ3) is 3.65. The van der Waals surface area contributed by atoms with Gasteiger partial charge in [-0.2, -0.15) is 5.26 Å². The normalized spacial score (nSPS) is 11.8. The molecular formula is C42H24N4S. The molecule has 0 bridgehead atoms. The second kappa shape index (κ2) is 9.89. The fourth-order valence-electron chi connectivity index (χ4n) is 7.46. The van der Waals surface area contributed by atoms with Gasteiger partial charge in [-0.3, -0.25) is 4.98 Å². The summed E-state index contributed by atoms with van der Waals surface area (Å²) in [5.41, 5.74) is 10.8. The van der Waals surface area contributed by atoms with Gasteiger partial charge in [0, 0.05) is 49.0 Å². The molecular weight excluding hydrogens is 593 g/mol. The van der Waals surface area contributed by atoms with E-state index >= 15 is 0 Å². The molecule has 218 valence electrons. The van der Waals surface area contributed by atoms with Crippen molar-refractivity contribution < 1.29 is 0 Å². The van der Waals surface area contributed by atoms with Crippen molar-refractivity contribution >= 4 is 75.3 Å². The van der Waals surface area contributed by atoms with Gasteiger partial charge in [0.1, 0.15) is 0 Å². The summed E-state index contributed by atoms with van der Waals surface area (Å²) in [5.74, 6) is 0. The van der Waals surface area contributed by atoms with Gasteiger partial charge in [0.05, 0.1) is 55.3 Å². The number of hydrogen-bond donors (Lipinski definition) is 0. The molecule has 0 atom stereocenters. The van der Waals surface area contributed by atoms with Crippen LogP contribution in [0.25, 0.3) is 86.4 Å². The molecule has 0 aliphatic heterocycles. The van der Waals surface area contributed by atoms with Gasteiger partial charge >= 0.3 is 0 Å². The highest BCUT2D eigenvalue weighted by molar-refractivity contribution is 7.26. The minimum atomic E-state index is 0.661. The van der Waals surface area contributed by atoms with Crippen molar-refractivity contribution in [1.82, 2.24) is 14.1 Å². The lowest BCUT2D eigenvalue weighted by molar-refractivity contribution is 1.16. The molecule has 0 aliphatic carbocycles. The van der Waals surface area contributed by atoms with Gasteiger partial charge in [-0.1, -0.05) is 72.8 Å². The number of nitriles is 1. The third-order valence-electron chi connectivity index (χ3n) is 9.41. The first-order valence-corrected chi connectivity index (χ1v) is 16.4. The number of nitrogens with zero attached hydrogens (tertiary/aromatic N) is 4. The second-order valence-corrected chi connectivity index (χ2v) is 12.9.